The van der Waals surface area contributed by atoms with E-state index < -0.39 is 6.09 Å². The predicted molar refractivity (Wildman–Crippen MR) is 63.1 cm³/mol. The molecule has 1 aliphatic heterocycles. The number of hydrogen-bond donors (Lipinski definition) is 2. The first kappa shape index (κ1) is 12.8. The summed E-state index contributed by atoms with van der Waals surface area (Å²) in [4.78, 5) is 11.3. The Bertz CT molecular complexity index is 403. The van der Waals surface area contributed by atoms with Crippen LogP contribution >= 0.6 is 0 Å². The minimum atomic E-state index is -0.602. The second kappa shape index (κ2) is 6.34. The molecule has 98 valence electrons. The lowest BCUT2D eigenvalue weighted by Gasteiger charge is -2.11. The first-order valence-electron chi connectivity index (χ1n) is 5.67. The van der Waals surface area contributed by atoms with Crippen molar-refractivity contribution in [2.75, 3.05) is 31.7 Å². The summed E-state index contributed by atoms with van der Waals surface area (Å²) in [7, 11) is 0. The van der Waals surface area contributed by atoms with Crippen LogP contribution in [0.25, 0.3) is 0 Å². The van der Waals surface area contributed by atoms with Gasteiger partial charge in [0.15, 0.2) is 6.29 Å². The van der Waals surface area contributed by atoms with Crippen LogP contribution in [0.4, 0.5) is 10.5 Å². The van der Waals surface area contributed by atoms with Gasteiger partial charge in [0.05, 0.1) is 19.8 Å². The van der Waals surface area contributed by atoms with Crippen LogP contribution in [0, 0.1) is 0 Å². The summed E-state index contributed by atoms with van der Waals surface area (Å²) in [5, 5.41) is 11.1. The van der Waals surface area contributed by atoms with Gasteiger partial charge >= 0.3 is 6.09 Å². The zero-order valence-electron chi connectivity index (χ0n) is 9.80. The topological polar surface area (TPSA) is 77.0 Å². The fraction of sp³-hybridized carbons (Fsp3) is 0.417. The number of nitrogens with one attached hydrogen (secondary N) is 1. The van der Waals surface area contributed by atoms with Crippen molar-refractivity contribution in [2.24, 2.45) is 0 Å². The van der Waals surface area contributed by atoms with Gasteiger partial charge in [0.2, 0.25) is 0 Å². The van der Waals surface area contributed by atoms with Gasteiger partial charge in [-0.2, -0.15) is 0 Å². The Morgan fingerprint density at radius 3 is 2.94 bits per heavy atom. The van der Waals surface area contributed by atoms with Crippen molar-refractivity contribution in [3.8, 4) is 0 Å². The Kier molecular flexibility index (Phi) is 4.52. The maximum atomic E-state index is 11.3. The monoisotopic (exact) mass is 253 g/mol. The number of amides is 1. The number of carbonyl (C=O) groups excluding carboxylic acids is 1. The van der Waals surface area contributed by atoms with Crippen LogP contribution in [0.2, 0.25) is 0 Å². The molecule has 6 nitrogen and oxygen atoms in total. The minimum Gasteiger partial charge on any atom is -0.447 e. The number of anilines is 1. The number of rotatable bonds is 4. The second-order valence-corrected chi connectivity index (χ2v) is 3.68. The highest BCUT2D eigenvalue weighted by molar-refractivity contribution is 5.84. The molecule has 0 radical (unpaired) electrons. The van der Waals surface area contributed by atoms with Gasteiger partial charge in [-0.25, -0.2) is 4.79 Å². The standard InChI is InChI=1S/C12H15NO5/c14-4-5-18-12(15)13-10-3-1-2-9(8-10)11-16-6-7-17-11/h1-3,8,11,14H,4-7H2,(H,13,15). The van der Waals surface area contributed by atoms with Crippen molar-refractivity contribution >= 4 is 11.8 Å². The van der Waals surface area contributed by atoms with E-state index in [1.54, 1.807) is 18.2 Å². The summed E-state index contributed by atoms with van der Waals surface area (Å²) in [5.41, 5.74) is 1.43. The van der Waals surface area contributed by atoms with Gasteiger partial charge in [0.25, 0.3) is 0 Å². The van der Waals surface area contributed by atoms with E-state index in [9.17, 15) is 4.79 Å². The number of aliphatic hydroxyl groups is 1. The highest BCUT2D eigenvalue weighted by atomic mass is 16.7. The number of benzene rings is 1. The van der Waals surface area contributed by atoms with Gasteiger partial charge in [-0.15, -0.1) is 0 Å². The van der Waals surface area contributed by atoms with E-state index in [4.69, 9.17) is 19.3 Å². The van der Waals surface area contributed by atoms with Gasteiger partial charge in [0.1, 0.15) is 6.61 Å². The molecule has 1 aliphatic rings. The van der Waals surface area contributed by atoms with Crippen LogP contribution in [0.15, 0.2) is 24.3 Å². The zero-order chi connectivity index (χ0) is 12.8. The SMILES string of the molecule is O=C(Nc1cccc(C2OCCO2)c1)OCCO. The van der Waals surface area contributed by atoms with Crippen molar-refractivity contribution in [1.82, 2.24) is 0 Å². The number of hydrogen-bond acceptors (Lipinski definition) is 5. The normalized spacial score (nSPS) is 15.6. The lowest BCUT2D eigenvalue weighted by molar-refractivity contribution is -0.0440. The van der Waals surface area contributed by atoms with E-state index in [0.29, 0.717) is 18.9 Å². The highest BCUT2D eigenvalue weighted by Gasteiger charge is 2.18. The molecule has 1 aromatic carbocycles. The summed E-state index contributed by atoms with van der Waals surface area (Å²) in [6.45, 7) is 0.916. The molecule has 1 fully saturated rings. The fourth-order valence-corrected chi connectivity index (χ4v) is 1.61. The lowest BCUT2D eigenvalue weighted by atomic mass is 10.2. The molecular formula is C12H15NO5. The molecule has 0 saturated carbocycles. The Hall–Kier alpha value is -1.63. The molecule has 2 rings (SSSR count). The van der Waals surface area contributed by atoms with Gasteiger partial charge in [-0.1, -0.05) is 12.1 Å². The summed E-state index contributed by atoms with van der Waals surface area (Å²) >= 11 is 0. The number of carbonyl (C=O) groups is 1. The smallest absolute Gasteiger partial charge is 0.411 e. The molecule has 0 bridgehead atoms. The molecule has 0 spiro atoms. The van der Waals surface area contributed by atoms with Crippen molar-refractivity contribution < 1.29 is 24.1 Å². The highest BCUT2D eigenvalue weighted by Crippen LogP contribution is 2.25. The third-order valence-electron chi connectivity index (χ3n) is 2.35. The molecule has 0 aliphatic carbocycles. The lowest BCUT2D eigenvalue weighted by Crippen LogP contribution is -2.16. The molecule has 1 heterocycles. The quantitative estimate of drug-likeness (QED) is 0.845. The average Bonchev–Trinajstić information content (AvgIpc) is 2.90. The van der Waals surface area contributed by atoms with Gasteiger partial charge in [-0.05, 0) is 12.1 Å². The Labute approximate surface area is 104 Å². The maximum Gasteiger partial charge on any atom is 0.411 e. The van der Waals surface area contributed by atoms with Crippen LogP contribution in [0.3, 0.4) is 0 Å². The van der Waals surface area contributed by atoms with Gasteiger partial charge in [-0.3, -0.25) is 5.32 Å². The van der Waals surface area contributed by atoms with Gasteiger partial charge < -0.3 is 19.3 Å². The third kappa shape index (κ3) is 3.43. The van der Waals surface area contributed by atoms with Crippen molar-refractivity contribution in [2.45, 2.75) is 6.29 Å². The van der Waals surface area contributed by atoms with Crippen LogP contribution < -0.4 is 5.32 Å². The Morgan fingerprint density at radius 2 is 2.22 bits per heavy atom. The summed E-state index contributed by atoms with van der Waals surface area (Å²) in [5.74, 6) is 0. The molecule has 1 saturated heterocycles. The van der Waals surface area contributed by atoms with Crippen molar-refractivity contribution in [3.63, 3.8) is 0 Å². The molecule has 0 atom stereocenters. The van der Waals surface area contributed by atoms with Gasteiger partial charge in [0, 0.05) is 11.3 Å². The van der Waals surface area contributed by atoms with E-state index in [1.165, 1.54) is 0 Å². The summed E-state index contributed by atoms with van der Waals surface area (Å²) < 4.78 is 15.4. The second-order valence-electron chi connectivity index (χ2n) is 3.68. The van der Waals surface area contributed by atoms with Crippen molar-refractivity contribution in [3.05, 3.63) is 29.8 Å². The molecular weight excluding hydrogens is 238 g/mol. The molecule has 18 heavy (non-hydrogen) atoms. The number of aliphatic hydroxyl groups excluding tert-OH is 1. The van der Waals surface area contributed by atoms with E-state index in [1.807, 2.05) is 6.07 Å². The molecule has 6 heteroatoms. The fourth-order valence-electron chi connectivity index (χ4n) is 1.61. The van der Waals surface area contributed by atoms with E-state index in [2.05, 4.69) is 5.32 Å². The Balaban J connectivity index is 1.96. The largest absolute Gasteiger partial charge is 0.447 e. The predicted octanol–water partition coefficient (Wildman–Crippen LogP) is 1.27. The molecule has 2 N–H and O–H groups in total. The molecule has 0 aromatic heterocycles. The Morgan fingerprint density at radius 1 is 1.44 bits per heavy atom. The van der Waals surface area contributed by atoms with Crippen LogP contribution in [-0.4, -0.2) is 37.6 Å². The minimum absolute atomic E-state index is 0.0274. The summed E-state index contributed by atoms with van der Waals surface area (Å²) in [6.07, 6.45) is -0.977. The van der Waals surface area contributed by atoms with Crippen molar-refractivity contribution in [1.29, 1.82) is 0 Å². The average molecular weight is 253 g/mol. The zero-order valence-corrected chi connectivity index (χ0v) is 9.80. The molecule has 1 aromatic rings. The molecule has 0 unspecified atom stereocenters. The molecule has 1 amide bonds. The van der Waals surface area contributed by atoms with Crippen LogP contribution in [0.5, 0.6) is 0 Å². The van der Waals surface area contributed by atoms with Crippen LogP contribution in [-0.2, 0) is 14.2 Å². The number of ether oxygens (including phenoxy) is 3. The van der Waals surface area contributed by atoms with E-state index in [0.717, 1.165) is 5.56 Å². The first-order chi connectivity index (χ1) is 8.79. The van der Waals surface area contributed by atoms with E-state index in [-0.39, 0.29) is 19.5 Å². The van der Waals surface area contributed by atoms with E-state index >= 15 is 0 Å². The first-order valence-corrected chi connectivity index (χ1v) is 5.67. The summed E-state index contributed by atoms with van der Waals surface area (Å²) in [6, 6.07) is 7.15. The third-order valence-corrected chi connectivity index (χ3v) is 2.35. The maximum absolute atomic E-state index is 11.3. The van der Waals surface area contributed by atoms with Crippen LogP contribution in [0.1, 0.15) is 11.9 Å².